The Morgan fingerprint density at radius 1 is 0.938 bits per heavy atom. The first-order chi connectivity index (χ1) is 29.7. The number of hydrogen-bond acceptors (Lipinski definition) is 15. The fourth-order valence-corrected chi connectivity index (χ4v) is 10.9. The zero-order chi connectivity index (χ0) is 47.5. The number of amides is 1. The number of carbonyl (C=O) groups excluding carboxylic acids is 5. The van der Waals surface area contributed by atoms with E-state index in [-0.39, 0.29) is 30.9 Å². The van der Waals surface area contributed by atoms with Gasteiger partial charge in [0.15, 0.2) is 24.1 Å². The zero-order valence-corrected chi connectivity index (χ0v) is 39.3. The quantitative estimate of drug-likeness (QED) is 0.139. The van der Waals surface area contributed by atoms with Gasteiger partial charge in [0, 0.05) is 37.5 Å². The molecule has 6 rings (SSSR count). The number of rotatable bonds is 11. The number of ether oxygens (including phenoxy) is 8. The molecule has 1 aromatic carbocycles. The molecule has 16 heteroatoms. The number of hydrogen-bond donors (Lipinski definition) is 3. The second-order valence-electron chi connectivity index (χ2n) is 20.5. The number of carbonyl (C=O) groups is 5. The van der Waals surface area contributed by atoms with E-state index in [1.807, 2.05) is 34.6 Å². The smallest absolute Gasteiger partial charge is 0.407 e. The van der Waals surface area contributed by atoms with Crippen LogP contribution in [0.25, 0.3) is 0 Å². The van der Waals surface area contributed by atoms with Gasteiger partial charge in [-0.05, 0) is 83.2 Å². The second kappa shape index (κ2) is 17.8. The first-order valence-electron chi connectivity index (χ1n) is 22.2. The minimum absolute atomic E-state index is 0.0919. The molecule has 354 valence electrons. The molecule has 1 amide bonds. The SMILES string of the molecule is CC(=O)O[C@@H]1C2=C(C)[C@@H](OC(=O)[C@H](O)[C@H](CC(C)C)NC(=O)OC(C)(C)C)C[C@@](O)([C@@H](OC(=O)c3ccccc3)[C@@H]3[C@]4(OC(C)=O)CO[C@@H]4C[C@@H]4O[C@H](C=C(C)C)O[C@@H]1[C@]43C)C2(C)C. The zero-order valence-electron chi connectivity index (χ0n) is 39.3. The van der Waals surface area contributed by atoms with Crippen LogP contribution in [-0.4, -0.2) is 119 Å². The first kappa shape index (κ1) is 49.1. The molecular weight excluding hydrogens is 831 g/mol. The summed E-state index contributed by atoms with van der Waals surface area (Å²) in [5.41, 5.74) is -5.73. The van der Waals surface area contributed by atoms with Crippen LogP contribution in [0.15, 0.2) is 53.1 Å². The van der Waals surface area contributed by atoms with Crippen LogP contribution >= 0.6 is 0 Å². The van der Waals surface area contributed by atoms with E-state index in [1.54, 1.807) is 78.0 Å². The summed E-state index contributed by atoms with van der Waals surface area (Å²) >= 11 is 0. The number of allylic oxidation sites excluding steroid dienone is 1. The van der Waals surface area contributed by atoms with Gasteiger partial charge in [0.25, 0.3) is 0 Å². The lowest BCUT2D eigenvalue weighted by Crippen LogP contribution is -2.83. The molecule has 3 aliphatic carbocycles. The Labute approximate surface area is 375 Å². The molecule has 1 aromatic rings. The third-order valence-corrected chi connectivity index (χ3v) is 13.7. The molecule has 0 radical (unpaired) electrons. The van der Waals surface area contributed by atoms with Gasteiger partial charge in [-0.3, -0.25) is 9.59 Å². The minimum Gasteiger partial charge on any atom is -0.456 e. The maximum absolute atomic E-state index is 14.5. The highest BCUT2D eigenvalue weighted by molar-refractivity contribution is 5.89. The Morgan fingerprint density at radius 3 is 2.14 bits per heavy atom. The van der Waals surface area contributed by atoms with Crippen LogP contribution in [0.1, 0.15) is 120 Å². The van der Waals surface area contributed by atoms with Crippen molar-refractivity contribution in [1.29, 1.82) is 0 Å². The predicted molar refractivity (Wildman–Crippen MR) is 229 cm³/mol. The van der Waals surface area contributed by atoms with E-state index >= 15 is 0 Å². The topological polar surface area (TPSA) is 212 Å². The van der Waals surface area contributed by atoms with E-state index in [9.17, 15) is 34.2 Å². The van der Waals surface area contributed by atoms with E-state index in [0.717, 1.165) is 5.57 Å². The van der Waals surface area contributed by atoms with Gasteiger partial charge in [-0.2, -0.15) is 0 Å². The summed E-state index contributed by atoms with van der Waals surface area (Å²) in [6.45, 7) is 21.9. The van der Waals surface area contributed by atoms with Crippen molar-refractivity contribution in [3.05, 3.63) is 58.7 Å². The molecule has 0 unspecified atom stereocenters. The van der Waals surface area contributed by atoms with Crippen molar-refractivity contribution in [1.82, 2.24) is 5.32 Å². The van der Waals surface area contributed by atoms with Crippen LogP contribution in [-0.2, 0) is 52.3 Å². The Kier molecular flexibility index (Phi) is 13.7. The Morgan fingerprint density at radius 2 is 1.59 bits per heavy atom. The Bertz CT molecular complexity index is 2040. The lowest BCUT2D eigenvalue weighted by molar-refractivity contribution is -0.405. The minimum atomic E-state index is -2.22. The molecule has 4 fully saturated rings. The summed E-state index contributed by atoms with van der Waals surface area (Å²) in [7, 11) is 0. The molecule has 0 spiro atoms. The van der Waals surface area contributed by atoms with E-state index in [2.05, 4.69) is 5.32 Å². The van der Waals surface area contributed by atoms with Crippen LogP contribution in [0.3, 0.4) is 0 Å². The molecule has 2 heterocycles. The van der Waals surface area contributed by atoms with Crippen molar-refractivity contribution < 1.29 is 72.1 Å². The molecule has 2 saturated heterocycles. The molecular formula is C48H67NO15. The Balaban J connectivity index is 1.59. The number of aliphatic hydroxyl groups excluding tert-OH is 1. The van der Waals surface area contributed by atoms with Crippen LogP contribution in [0.4, 0.5) is 4.79 Å². The Hall–Kier alpha value is -4.35. The van der Waals surface area contributed by atoms with Gasteiger partial charge >= 0.3 is 30.0 Å². The number of benzene rings is 1. The highest BCUT2D eigenvalue weighted by atomic mass is 16.7. The maximum Gasteiger partial charge on any atom is 0.407 e. The number of nitrogens with one attached hydrogen (secondary N) is 1. The molecule has 13 atom stereocenters. The monoisotopic (exact) mass is 897 g/mol. The highest BCUT2D eigenvalue weighted by Gasteiger charge is 2.79. The van der Waals surface area contributed by atoms with Crippen molar-refractivity contribution in [2.24, 2.45) is 22.7 Å². The lowest BCUT2D eigenvalue weighted by Gasteiger charge is -2.71. The molecule has 2 aliphatic heterocycles. The van der Waals surface area contributed by atoms with Crippen molar-refractivity contribution in [2.45, 2.75) is 181 Å². The second-order valence-corrected chi connectivity index (χ2v) is 20.5. The van der Waals surface area contributed by atoms with Crippen molar-refractivity contribution in [2.75, 3.05) is 6.61 Å². The van der Waals surface area contributed by atoms with Gasteiger partial charge < -0.3 is 53.4 Å². The predicted octanol–water partition coefficient (Wildman–Crippen LogP) is 5.65. The number of fused-ring (bicyclic) bond motifs is 4. The maximum atomic E-state index is 14.5. The summed E-state index contributed by atoms with van der Waals surface area (Å²) in [5, 5.41) is 28.2. The first-order valence-corrected chi connectivity index (χ1v) is 22.2. The van der Waals surface area contributed by atoms with Crippen LogP contribution < -0.4 is 5.32 Å². The lowest BCUT2D eigenvalue weighted by atomic mass is 9.44. The van der Waals surface area contributed by atoms with Crippen LogP contribution in [0.5, 0.6) is 0 Å². The summed E-state index contributed by atoms with van der Waals surface area (Å²) in [6, 6.07) is 7.08. The number of esters is 4. The molecule has 3 N–H and O–H groups in total. The average molecular weight is 898 g/mol. The summed E-state index contributed by atoms with van der Waals surface area (Å²) in [6.07, 6.45) is -8.88. The molecule has 5 aliphatic rings. The van der Waals surface area contributed by atoms with Crippen molar-refractivity contribution >= 4 is 30.0 Å². The number of aliphatic hydroxyl groups is 2. The molecule has 2 bridgehead atoms. The van der Waals surface area contributed by atoms with Crippen molar-refractivity contribution in [3.8, 4) is 0 Å². The van der Waals surface area contributed by atoms with Gasteiger partial charge in [-0.15, -0.1) is 0 Å². The van der Waals surface area contributed by atoms with Crippen LogP contribution in [0.2, 0.25) is 0 Å². The van der Waals surface area contributed by atoms with Gasteiger partial charge in [0.05, 0.1) is 30.2 Å². The van der Waals surface area contributed by atoms with Gasteiger partial charge in [-0.25, -0.2) is 14.4 Å². The fourth-order valence-electron chi connectivity index (χ4n) is 10.9. The molecule has 64 heavy (non-hydrogen) atoms. The summed E-state index contributed by atoms with van der Waals surface area (Å²) in [4.78, 5) is 68.5. The normalized spacial score (nSPS) is 34.8. The van der Waals surface area contributed by atoms with Gasteiger partial charge in [0.1, 0.15) is 35.6 Å². The summed E-state index contributed by atoms with van der Waals surface area (Å²) < 4.78 is 50.9. The van der Waals surface area contributed by atoms with E-state index in [0.29, 0.717) is 11.1 Å². The largest absolute Gasteiger partial charge is 0.456 e. The fraction of sp³-hybridized carbons (Fsp3) is 0.688. The average Bonchev–Trinajstić information content (AvgIpc) is 3.16. The third kappa shape index (κ3) is 8.97. The van der Waals surface area contributed by atoms with Crippen molar-refractivity contribution in [3.63, 3.8) is 0 Å². The van der Waals surface area contributed by atoms with E-state index in [1.165, 1.54) is 13.8 Å². The standard InChI is InChI=1S/C48H67NO15/c1-24(2)19-30(49-43(55)64-44(8,9)10)36(52)42(54)59-31-22-48(56)40(62-41(53)29-17-15-14-16-18-29)38-46(13)32(21-33-47(38,23-57-33)63-28(7)51)60-34(20-25(3)4)61-39(46)37(58-27(6)50)35(26(31)5)45(48,11)12/h14-18,20,24,30-34,36-40,52,56H,19,21-23H2,1-13H3,(H,49,55)/t30-,31-,32-,33+,34-,36+,37+,38-,39-,40-,46+,47-,48+/m0/s1. The third-order valence-electron chi connectivity index (χ3n) is 13.7. The van der Waals surface area contributed by atoms with E-state index in [4.69, 9.17) is 37.9 Å². The molecule has 16 nitrogen and oxygen atoms in total. The van der Waals surface area contributed by atoms with Gasteiger partial charge in [-0.1, -0.05) is 58.4 Å². The number of alkyl carbamates (subject to hydrolysis) is 1. The summed E-state index contributed by atoms with van der Waals surface area (Å²) in [5.74, 6) is -4.52. The van der Waals surface area contributed by atoms with Gasteiger partial charge in [0.2, 0.25) is 0 Å². The van der Waals surface area contributed by atoms with Crippen LogP contribution in [0, 0.1) is 22.7 Å². The molecule has 2 saturated carbocycles. The molecule has 0 aromatic heterocycles. The van der Waals surface area contributed by atoms with E-state index < -0.39 is 125 Å². The highest BCUT2D eigenvalue weighted by Crippen LogP contribution is 2.67.